The van der Waals surface area contributed by atoms with Gasteiger partial charge in [-0.15, -0.1) is 0 Å². The molecule has 1 aromatic rings. The van der Waals surface area contributed by atoms with E-state index in [4.69, 9.17) is 14.2 Å². The molecule has 9 nitrogen and oxygen atoms in total. The summed E-state index contributed by atoms with van der Waals surface area (Å²) in [6, 6.07) is 5.32. The van der Waals surface area contributed by atoms with E-state index >= 15 is 0 Å². The Morgan fingerprint density at radius 3 is 2.66 bits per heavy atom. The molecule has 1 N–H and O–H groups in total. The Kier molecular flexibility index (Phi) is 7.45. The van der Waals surface area contributed by atoms with E-state index in [0.717, 1.165) is 0 Å². The van der Waals surface area contributed by atoms with E-state index in [1.54, 1.807) is 45.2 Å². The predicted octanol–water partition coefficient (Wildman–Crippen LogP) is 2.36. The summed E-state index contributed by atoms with van der Waals surface area (Å²) >= 11 is 0. The van der Waals surface area contributed by atoms with Crippen molar-refractivity contribution in [1.82, 2.24) is 4.98 Å². The lowest BCUT2D eigenvalue weighted by molar-refractivity contribution is -0.479. The van der Waals surface area contributed by atoms with E-state index in [0.29, 0.717) is 12.1 Å². The smallest absolute Gasteiger partial charge is 0.334 e. The monoisotopic (exact) mass is 408 g/mol. The topological polar surface area (TPSA) is 121 Å². The number of aliphatic hydroxyl groups is 1. The fourth-order valence-electron chi connectivity index (χ4n) is 2.98. The highest BCUT2D eigenvalue weighted by Gasteiger charge is 2.48. The van der Waals surface area contributed by atoms with Gasteiger partial charge in [-0.05, 0) is 39.0 Å². The van der Waals surface area contributed by atoms with Crippen LogP contribution in [0.25, 0.3) is 0 Å². The molecule has 2 rings (SSSR count). The van der Waals surface area contributed by atoms with Crippen LogP contribution in [0.15, 0.2) is 36.0 Å². The van der Waals surface area contributed by atoms with Gasteiger partial charge in [0.25, 0.3) is 0 Å². The van der Waals surface area contributed by atoms with Crippen LogP contribution in [-0.2, 0) is 24.8 Å². The van der Waals surface area contributed by atoms with Gasteiger partial charge in [0, 0.05) is 29.5 Å². The summed E-state index contributed by atoms with van der Waals surface area (Å²) in [6.45, 7) is 6.21. The van der Waals surface area contributed by atoms with Gasteiger partial charge in [-0.1, -0.05) is 13.0 Å². The molecular weight excluding hydrogens is 380 g/mol. The van der Waals surface area contributed by atoms with Crippen molar-refractivity contribution in [3.63, 3.8) is 0 Å². The standard InChI is InChI=1S/C20H28N2O7/c1-5-20(17-8-6-7-10-21-17)27-15(16(13-23)28-20)12-14(9-11-22(25)26)18(24)29-19(2,3)4/h6-8,10,12,15-16,23H,5,9,11,13H2,1-4H3. The van der Waals surface area contributed by atoms with Crippen molar-refractivity contribution in [2.75, 3.05) is 13.2 Å². The molecule has 0 amide bonds. The van der Waals surface area contributed by atoms with Crippen LogP contribution in [-0.4, -0.2) is 51.9 Å². The van der Waals surface area contributed by atoms with Gasteiger partial charge in [-0.2, -0.15) is 0 Å². The van der Waals surface area contributed by atoms with Gasteiger partial charge in [0.05, 0.1) is 12.3 Å². The molecule has 0 spiro atoms. The Hall–Kier alpha value is -2.36. The number of hydrogen-bond donors (Lipinski definition) is 1. The summed E-state index contributed by atoms with van der Waals surface area (Å²) in [6.07, 6.45) is 1.81. The van der Waals surface area contributed by atoms with E-state index < -0.39 is 41.0 Å². The van der Waals surface area contributed by atoms with Crippen LogP contribution in [0, 0.1) is 10.1 Å². The molecule has 0 saturated carbocycles. The normalized spacial score (nSPS) is 25.1. The fourth-order valence-corrected chi connectivity index (χ4v) is 2.98. The van der Waals surface area contributed by atoms with Crippen molar-refractivity contribution < 1.29 is 29.0 Å². The van der Waals surface area contributed by atoms with Gasteiger partial charge < -0.3 is 19.3 Å². The highest BCUT2D eigenvalue weighted by Crippen LogP contribution is 2.40. The lowest BCUT2D eigenvalue weighted by Crippen LogP contribution is -2.29. The lowest BCUT2D eigenvalue weighted by atomic mass is 10.1. The molecule has 0 aromatic carbocycles. The zero-order valence-corrected chi connectivity index (χ0v) is 17.2. The van der Waals surface area contributed by atoms with Gasteiger partial charge in [-0.3, -0.25) is 15.1 Å². The van der Waals surface area contributed by atoms with Crippen LogP contribution in [0.3, 0.4) is 0 Å². The van der Waals surface area contributed by atoms with E-state index in [1.807, 2.05) is 6.92 Å². The van der Waals surface area contributed by atoms with Gasteiger partial charge in [0.15, 0.2) is 0 Å². The third kappa shape index (κ3) is 6.06. The molecule has 160 valence electrons. The second-order valence-electron chi connectivity index (χ2n) is 7.74. The van der Waals surface area contributed by atoms with Gasteiger partial charge in [0.2, 0.25) is 12.3 Å². The Morgan fingerprint density at radius 1 is 1.41 bits per heavy atom. The van der Waals surface area contributed by atoms with Gasteiger partial charge in [0.1, 0.15) is 17.8 Å². The number of nitro groups is 1. The maximum absolute atomic E-state index is 12.6. The first kappa shape index (κ1) is 22.9. The number of aliphatic hydroxyl groups excluding tert-OH is 1. The Balaban J connectivity index is 2.34. The summed E-state index contributed by atoms with van der Waals surface area (Å²) in [4.78, 5) is 27.2. The van der Waals surface area contributed by atoms with E-state index in [9.17, 15) is 20.0 Å². The number of carbonyl (C=O) groups is 1. The SMILES string of the molecule is CCC1(c2ccccn2)OC(C=C(CC[N+](=O)[O-])C(=O)OC(C)(C)C)C(CO)O1. The highest BCUT2D eigenvalue weighted by molar-refractivity contribution is 5.88. The summed E-state index contributed by atoms with van der Waals surface area (Å²) in [5.74, 6) is -1.84. The largest absolute Gasteiger partial charge is 0.457 e. The van der Waals surface area contributed by atoms with Crippen LogP contribution in [0.1, 0.15) is 46.2 Å². The van der Waals surface area contributed by atoms with Crippen molar-refractivity contribution in [1.29, 1.82) is 0 Å². The Labute approximate surface area is 169 Å². The lowest BCUT2D eigenvalue weighted by Gasteiger charge is -2.26. The molecule has 3 atom stereocenters. The molecule has 0 aliphatic carbocycles. The average Bonchev–Trinajstić information content (AvgIpc) is 3.03. The van der Waals surface area contributed by atoms with Crippen LogP contribution in [0.4, 0.5) is 0 Å². The maximum Gasteiger partial charge on any atom is 0.334 e. The van der Waals surface area contributed by atoms with Crippen molar-refractivity contribution in [2.24, 2.45) is 0 Å². The average molecular weight is 408 g/mol. The first-order chi connectivity index (χ1) is 13.6. The highest BCUT2D eigenvalue weighted by atomic mass is 16.8. The van der Waals surface area contributed by atoms with Crippen molar-refractivity contribution in [3.8, 4) is 0 Å². The van der Waals surface area contributed by atoms with E-state index in [-0.39, 0.29) is 18.6 Å². The predicted molar refractivity (Wildman–Crippen MR) is 103 cm³/mol. The molecule has 0 bridgehead atoms. The van der Waals surface area contributed by atoms with Crippen LogP contribution < -0.4 is 0 Å². The third-order valence-corrected chi connectivity index (χ3v) is 4.33. The molecule has 1 aliphatic heterocycles. The molecule has 29 heavy (non-hydrogen) atoms. The van der Waals surface area contributed by atoms with Crippen molar-refractivity contribution >= 4 is 5.97 Å². The number of carbonyl (C=O) groups excluding carboxylic acids is 1. The molecule has 1 aromatic heterocycles. The van der Waals surface area contributed by atoms with Crippen LogP contribution >= 0.6 is 0 Å². The quantitative estimate of drug-likeness (QED) is 0.301. The Morgan fingerprint density at radius 2 is 2.14 bits per heavy atom. The minimum absolute atomic E-state index is 0.108. The molecule has 9 heteroatoms. The second-order valence-corrected chi connectivity index (χ2v) is 7.74. The maximum atomic E-state index is 12.6. The minimum atomic E-state index is -1.18. The number of nitrogens with zero attached hydrogens (tertiary/aromatic N) is 2. The third-order valence-electron chi connectivity index (χ3n) is 4.33. The summed E-state index contributed by atoms with van der Waals surface area (Å²) in [5, 5.41) is 20.6. The van der Waals surface area contributed by atoms with E-state index in [1.165, 1.54) is 6.08 Å². The molecule has 1 fully saturated rings. The fraction of sp³-hybridized carbons (Fsp3) is 0.600. The Bertz CT molecular complexity index is 745. The molecule has 3 unspecified atom stereocenters. The first-order valence-electron chi connectivity index (χ1n) is 9.54. The molecule has 1 aliphatic rings. The first-order valence-corrected chi connectivity index (χ1v) is 9.54. The molecule has 1 saturated heterocycles. The molecule has 0 radical (unpaired) electrons. The van der Waals surface area contributed by atoms with Gasteiger partial charge in [-0.25, -0.2) is 4.79 Å². The molecular formula is C20H28N2O7. The number of pyridine rings is 1. The second kappa shape index (κ2) is 9.43. The van der Waals surface area contributed by atoms with Gasteiger partial charge >= 0.3 is 5.97 Å². The van der Waals surface area contributed by atoms with Crippen molar-refractivity contribution in [3.05, 3.63) is 51.9 Å². The zero-order chi connectivity index (χ0) is 21.7. The number of rotatable bonds is 8. The number of hydrogen-bond acceptors (Lipinski definition) is 8. The summed E-state index contributed by atoms with van der Waals surface area (Å²) in [5.41, 5.74) is -0.104. The number of esters is 1. The van der Waals surface area contributed by atoms with Crippen molar-refractivity contribution in [2.45, 2.75) is 64.1 Å². The van der Waals surface area contributed by atoms with E-state index in [2.05, 4.69) is 4.98 Å². The number of ether oxygens (including phenoxy) is 3. The molecule has 2 heterocycles. The van der Waals surface area contributed by atoms with Crippen LogP contribution in [0.2, 0.25) is 0 Å². The minimum Gasteiger partial charge on any atom is -0.457 e. The number of aromatic nitrogens is 1. The summed E-state index contributed by atoms with van der Waals surface area (Å²) < 4.78 is 17.5. The summed E-state index contributed by atoms with van der Waals surface area (Å²) in [7, 11) is 0. The zero-order valence-electron chi connectivity index (χ0n) is 17.2. The van der Waals surface area contributed by atoms with Crippen LogP contribution in [0.5, 0.6) is 0 Å².